The molecule has 1 amide bonds. The maximum absolute atomic E-state index is 11.7. The van der Waals surface area contributed by atoms with Gasteiger partial charge in [0.1, 0.15) is 0 Å². The van der Waals surface area contributed by atoms with E-state index < -0.39 is 5.60 Å². The summed E-state index contributed by atoms with van der Waals surface area (Å²) in [4.78, 5) is 14.1. The molecule has 2 aliphatic heterocycles. The lowest BCUT2D eigenvalue weighted by atomic mass is 9.82. The van der Waals surface area contributed by atoms with Crippen LogP contribution in [0.2, 0.25) is 0 Å². The van der Waals surface area contributed by atoms with Crippen molar-refractivity contribution in [1.29, 1.82) is 0 Å². The number of carbonyl (C=O) groups excluding carboxylic acids is 1. The summed E-state index contributed by atoms with van der Waals surface area (Å²) in [5.41, 5.74) is -0.494. The van der Waals surface area contributed by atoms with Gasteiger partial charge in [-0.2, -0.15) is 0 Å². The summed E-state index contributed by atoms with van der Waals surface area (Å²) in [5, 5.41) is 13.6. The summed E-state index contributed by atoms with van der Waals surface area (Å²) in [5.74, 6) is 0.395. The number of nitrogens with one attached hydrogen (secondary N) is 1. The van der Waals surface area contributed by atoms with Crippen LogP contribution in [-0.2, 0) is 4.79 Å². The van der Waals surface area contributed by atoms with E-state index in [-0.39, 0.29) is 11.8 Å². The van der Waals surface area contributed by atoms with E-state index in [0.29, 0.717) is 6.04 Å². The first-order valence-corrected chi connectivity index (χ1v) is 7.42. The highest BCUT2D eigenvalue weighted by atomic mass is 16.3. The topological polar surface area (TPSA) is 52.6 Å². The van der Waals surface area contributed by atoms with Crippen molar-refractivity contribution in [3.63, 3.8) is 0 Å². The Morgan fingerprint density at radius 1 is 1.28 bits per heavy atom. The summed E-state index contributed by atoms with van der Waals surface area (Å²) in [6.07, 6.45) is 7.53. The standard InChI is InChI=1S/C14H24N2O2/c17-13-11-5-4-8-16(12(11)9-15-13)10-14(18)6-2-1-3-7-14/h11-12,18H,1-10H2,(H,15,17). The monoisotopic (exact) mass is 252 g/mol. The van der Waals surface area contributed by atoms with Crippen LogP contribution in [-0.4, -0.2) is 47.2 Å². The van der Waals surface area contributed by atoms with Gasteiger partial charge < -0.3 is 10.4 Å². The molecule has 0 aromatic heterocycles. The molecule has 1 aliphatic carbocycles. The lowest BCUT2D eigenvalue weighted by Crippen LogP contribution is -2.53. The minimum Gasteiger partial charge on any atom is -0.389 e. The van der Waals surface area contributed by atoms with Crippen molar-refractivity contribution in [3.8, 4) is 0 Å². The molecule has 0 radical (unpaired) electrons. The molecule has 2 saturated heterocycles. The molecular formula is C14H24N2O2. The fourth-order valence-electron chi connectivity index (χ4n) is 3.98. The van der Waals surface area contributed by atoms with Crippen LogP contribution < -0.4 is 5.32 Å². The third-order valence-corrected chi connectivity index (χ3v) is 5.00. The summed E-state index contributed by atoms with van der Waals surface area (Å²) >= 11 is 0. The Morgan fingerprint density at radius 3 is 2.83 bits per heavy atom. The molecule has 3 rings (SSSR count). The zero-order chi connectivity index (χ0) is 12.6. The van der Waals surface area contributed by atoms with E-state index >= 15 is 0 Å². The fraction of sp³-hybridized carbons (Fsp3) is 0.929. The van der Waals surface area contributed by atoms with E-state index in [2.05, 4.69) is 10.2 Å². The van der Waals surface area contributed by atoms with Crippen LogP contribution in [0.4, 0.5) is 0 Å². The summed E-state index contributed by atoms with van der Waals surface area (Å²) < 4.78 is 0. The number of carbonyl (C=O) groups is 1. The Morgan fingerprint density at radius 2 is 2.06 bits per heavy atom. The molecule has 2 unspecified atom stereocenters. The molecule has 102 valence electrons. The van der Waals surface area contributed by atoms with Gasteiger partial charge in [0.2, 0.25) is 5.91 Å². The molecule has 2 N–H and O–H groups in total. The van der Waals surface area contributed by atoms with Gasteiger partial charge in [-0.15, -0.1) is 0 Å². The molecular weight excluding hydrogens is 228 g/mol. The Bertz CT molecular complexity index is 326. The second-order valence-electron chi connectivity index (χ2n) is 6.32. The maximum Gasteiger partial charge on any atom is 0.224 e. The van der Waals surface area contributed by atoms with Crippen LogP contribution >= 0.6 is 0 Å². The second-order valence-corrected chi connectivity index (χ2v) is 6.32. The molecule has 0 aromatic rings. The predicted molar refractivity (Wildman–Crippen MR) is 69.1 cm³/mol. The van der Waals surface area contributed by atoms with Gasteiger partial charge in [-0.3, -0.25) is 9.69 Å². The number of amides is 1. The van der Waals surface area contributed by atoms with Gasteiger partial charge in [0.15, 0.2) is 0 Å². The first-order chi connectivity index (χ1) is 8.68. The highest BCUT2D eigenvalue weighted by Crippen LogP contribution is 2.33. The normalized spacial score (nSPS) is 36.2. The molecule has 3 fully saturated rings. The number of rotatable bonds is 2. The third-order valence-electron chi connectivity index (χ3n) is 5.00. The average molecular weight is 252 g/mol. The number of aliphatic hydroxyl groups is 1. The first-order valence-electron chi connectivity index (χ1n) is 7.42. The predicted octanol–water partition coefficient (Wildman–Crippen LogP) is 0.892. The highest BCUT2D eigenvalue weighted by molar-refractivity contribution is 5.82. The molecule has 0 spiro atoms. The van der Waals surface area contributed by atoms with Crippen LogP contribution in [0, 0.1) is 5.92 Å². The summed E-state index contributed by atoms with van der Waals surface area (Å²) in [6, 6.07) is 0.331. The smallest absolute Gasteiger partial charge is 0.224 e. The van der Waals surface area contributed by atoms with Crippen molar-refractivity contribution in [2.75, 3.05) is 19.6 Å². The van der Waals surface area contributed by atoms with E-state index in [9.17, 15) is 9.90 Å². The molecule has 3 aliphatic rings. The number of piperidine rings is 1. The fourth-order valence-corrected chi connectivity index (χ4v) is 3.98. The second kappa shape index (κ2) is 4.82. The van der Waals surface area contributed by atoms with Crippen molar-refractivity contribution in [2.45, 2.75) is 56.6 Å². The van der Waals surface area contributed by atoms with Crippen LogP contribution in [0.3, 0.4) is 0 Å². The lowest BCUT2D eigenvalue weighted by Gasteiger charge is -2.42. The van der Waals surface area contributed by atoms with Crippen molar-refractivity contribution in [1.82, 2.24) is 10.2 Å². The van der Waals surface area contributed by atoms with E-state index in [0.717, 1.165) is 58.2 Å². The van der Waals surface area contributed by atoms with Gasteiger partial charge >= 0.3 is 0 Å². The summed E-state index contributed by atoms with van der Waals surface area (Å²) in [6.45, 7) is 2.58. The number of hydrogen-bond donors (Lipinski definition) is 2. The summed E-state index contributed by atoms with van der Waals surface area (Å²) in [7, 11) is 0. The SMILES string of the molecule is O=C1NCC2C1CCCN2CC1(O)CCCCC1. The minimum absolute atomic E-state index is 0.172. The number of hydrogen-bond acceptors (Lipinski definition) is 3. The highest BCUT2D eigenvalue weighted by Gasteiger charge is 2.43. The van der Waals surface area contributed by atoms with E-state index in [1.165, 1.54) is 6.42 Å². The molecule has 0 aromatic carbocycles. The van der Waals surface area contributed by atoms with Crippen molar-refractivity contribution >= 4 is 5.91 Å². The van der Waals surface area contributed by atoms with Crippen LogP contribution in [0.5, 0.6) is 0 Å². The Kier molecular flexibility index (Phi) is 3.32. The molecule has 1 saturated carbocycles. The van der Waals surface area contributed by atoms with Gasteiger partial charge in [0.25, 0.3) is 0 Å². The van der Waals surface area contributed by atoms with Crippen molar-refractivity contribution in [2.24, 2.45) is 5.92 Å². The lowest BCUT2D eigenvalue weighted by molar-refractivity contribution is -0.124. The van der Waals surface area contributed by atoms with Crippen LogP contribution in [0.25, 0.3) is 0 Å². The van der Waals surface area contributed by atoms with Crippen molar-refractivity contribution in [3.05, 3.63) is 0 Å². The van der Waals surface area contributed by atoms with Crippen LogP contribution in [0.1, 0.15) is 44.9 Å². The zero-order valence-corrected chi connectivity index (χ0v) is 11.0. The molecule has 18 heavy (non-hydrogen) atoms. The number of β-amino-alcohol motifs (C(OH)–C–C–N with tert-alkyl or cyclic N) is 1. The first kappa shape index (κ1) is 12.4. The quantitative estimate of drug-likeness (QED) is 0.767. The minimum atomic E-state index is -0.494. The Hall–Kier alpha value is -0.610. The number of nitrogens with zero attached hydrogens (tertiary/aromatic N) is 1. The maximum atomic E-state index is 11.7. The Balaban J connectivity index is 1.66. The molecule has 2 heterocycles. The zero-order valence-electron chi connectivity index (χ0n) is 11.0. The average Bonchev–Trinajstić information content (AvgIpc) is 2.73. The van der Waals surface area contributed by atoms with E-state index in [1.807, 2.05) is 0 Å². The van der Waals surface area contributed by atoms with Crippen molar-refractivity contribution < 1.29 is 9.90 Å². The van der Waals surface area contributed by atoms with Gasteiger partial charge in [-0.1, -0.05) is 19.3 Å². The molecule has 2 atom stereocenters. The van der Waals surface area contributed by atoms with Gasteiger partial charge in [0, 0.05) is 19.1 Å². The van der Waals surface area contributed by atoms with E-state index in [4.69, 9.17) is 0 Å². The van der Waals surface area contributed by atoms with Gasteiger partial charge in [0.05, 0.1) is 11.5 Å². The van der Waals surface area contributed by atoms with E-state index in [1.54, 1.807) is 0 Å². The van der Waals surface area contributed by atoms with Crippen LogP contribution in [0.15, 0.2) is 0 Å². The Labute approximate surface area is 109 Å². The molecule has 4 heteroatoms. The van der Waals surface area contributed by atoms with Gasteiger partial charge in [-0.25, -0.2) is 0 Å². The molecule has 0 bridgehead atoms. The number of fused-ring (bicyclic) bond motifs is 1. The number of likely N-dealkylation sites (tertiary alicyclic amines) is 1. The van der Waals surface area contributed by atoms with Gasteiger partial charge in [-0.05, 0) is 32.2 Å². The third kappa shape index (κ3) is 2.28. The largest absolute Gasteiger partial charge is 0.389 e. The molecule has 4 nitrogen and oxygen atoms in total.